The third-order valence-electron chi connectivity index (χ3n) is 2.52. The molecule has 0 aliphatic rings. The molecule has 1 heterocycles. The van der Waals surface area contributed by atoms with Crippen LogP contribution in [0.1, 0.15) is 19.5 Å². The fourth-order valence-corrected chi connectivity index (χ4v) is 2.10. The summed E-state index contributed by atoms with van der Waals surface area (Å²) in [6, 6.07) is 12.4. The van der Waals surface area contributed by atoms with Crippen LogP contribution in [0.2, 0.25) is 5.02 Å². The molecule has 0 aliphatic heterocycles. The minimum Gasteiger partial charge on any atom is -0.319 e. The van der Waals surface area contributed by atoms with Crippen LogP contribution < -0.4 is 0 Å². The van der Waals surface area contributed by atoms with Crippen LogP contribution in [0, 0.1) is 5.92 Å². The first-order valence-corrected chi connectivity index (χ1v) is 5.97. The molecule has 1 aromatic carbocycles. The Balaban J connectivity index is 2.40. The van der Waals surface area contributed by atoms with E-state index in [1.54, 1.807) is 0 Å². The molecule has 84 valence electrons. The normalized spacial score (nSPS) is 11.0. The van der Waals surface area contributed by atoms with Crippen molar-refractivity contribution in [2.75, 3.05) is 0 Å². The lowest BCUT2D eigenvalue weighted by atomic mass is 10.1. The van der Waals surface area contributed by atoms with Gasteiger partial charge in [0.05, 0.1) is 5.02 Å². The van der Waals surface area contributed by atoms with Gasteiger partial charge in [0.2, 0.25) is 0 Å². The van der Waals surface area contributed by atoms with E-state index in [1.165, 1.54) is 11.4 Å². The molecule has 0 saturated heterocycles. The summed E-state index contributed by atoms with van der Waals surface area (Å²) in [6.07, 6.45) is 3.02. The third kappa shape index (κ3) is 2.48. The highest BCUT2D eigenvalue weighted by molar-refractivity contribution is 6.30. The summed E-state index contributed by atoms with van der Waals surface area (Å²) >= 11 is 6.08. The average molecular weight is 234 g/mol. The second-order valence-electron chi connectivity index (χ2n) is 4.45. The summed E-state index contributed by atoms with van der Waals surface area (Å²) in [4.78, 5) is 0. The molecule has 0 unspecified atom stereocenters. The zero-order chi connectivity index (χ0) is 11.5. The van der Waals surface area contributed by atoms with Crippen LogP contribution in [0.15, 0.2) is 42.6 Å². The number of rotatable bonds is 3. The molecule has 2 heteroatoms. The van der Waals surface area contributed by atoms with Gasteiger partial charge in [0.25, 0.3) is 0 Å². The Kier molecular flexibility index (Phi) is 3.35. The number of hydrogen-bond acceptors (Lipinski definition) is 0. The Labute approximate surface area is 102 Å². The van der Waals surface area contributed by atoms with Crippen LogP contribution in [0.5, 0.6) is 0 Å². The molecule has 2 aromatic rings. The summed E-state index contributed by atoms with van der Waals surface area (Å²) in [6.45, 7) is 4.44. The van der Waals surface area contributed by atoms with Gasteiger partial charge in [0.1, 0.15) is 0 Å². The minimum atomic E-state index is 0.633. The highest BCUT2D eigenvalue weighted by atomic mass is 35.5. The van der Waals surface area contributed by atoms with Crippen LogP contribution >= 0.6 is 11.6 Å². The molecule has 0 radical (unpaired) electrons. The highest BCUT2D eigenvalue weighted by Gasteiger charge is 2.07. The maximum Gasteiger partial charge on any atom is 0.0589 e. The van der Waals surface area contributed by atoms with E-state index >= 15 is 0 Å². The number of nitrogens with zero attached hydrogens (tertiary/aromatic N) is 1. The fraction of sp³-hybridized carbons (Fsp3) is 0.286. The maximum absolute atomic E-state index is 6.08. The molecule has 0 spiro atoms. The largest absolute Gasteiger partial charge is 0.319 e. The van der Waals surface area contributed by atoms with Gasteiger partial charge in [0.15, 0.2) is 0 Å². The predicted octanol–water partition coefficient (Wildman–Crippen LogP) is 4.33. The zero-order valence-electron chi connectivity index (χ0n) is 9.65. The van der Waals surface area contributed by atoms with Crippen LogP contribution in [-0.4, -0.2) is 4.57 Å². The van der Waals surface area contributed by atoms with Gasteiger partial charge < -0.3 is 4.57 Å². The van der Waals surface area contributed by atoms with Crippen molar-refractivity contribution in [3.05, 3.63) is 53.3 Å². The van der Waals surface area contributed by atoms with Crippen molar-refractivity contribution in [1.82, 2.24) is 4.57 Å². The van der Waals surface area contributed by atoms with Gasteiger partial charge in [-0.1, -0.05) is 43.6 Å². The van der Waals surface area contributed by atoms with Gasteiger partial charge in [-0.3, -0.25) is 0 Å². The number of benzene rings is 1. The lowest BCUT2D eigenvalue weighted by Crippen LogP contribution is -2.02. The van der Waals surface area contributed by atoms with Gasteiger partial charge in [-0.2, -0.15) is 0 Å². The number of hydrogen-bond donors (Lipinski definition) is 0. The SMILES string of the molecule is CC(C)Cc1cc(Cl)cn1-c1ccccc1. The van der Waals surface area contributed by atoms with Gasteiger partial charge >= 0.3 is 0 Å². The van der Waals surface area contributed by atoms with E-state index in [9.17, 15) is 0 Å². The van der Waals surface area contributed by atoms with Crippen LogP contribution in [-0.2, 0) is 6.42 Å². The lowest BCUT2D eigenvalue weighted by molar-refractivity contribution is 0.627. The second-order valence-corrected chi connectivity index (χ2v) is 4.89. The lowest BCUT2D eigenvalue weighted by Gasteiger charge is -2.10. The Morgan fingerprint density at radius 3 is 2.50 bits per heavy atom. The zero-order valence-corrected chi connectivity index (χ0v) is 10.4. The van der Waals surface area contributed by atoms with E-state index < -0.39 is 0 Å². The van der Waals surface area contributed by atoms with E-state index in [4.69, 9.17) is 11.6 Å². The van der Waals surface area contributed by atoms with E-state index in [1.807, 2.05) is 24.4 Å². The van der Waals surface area contributed by atoms with Crippen LogP contribution in [0.3, 0.4) is 0 Å². The molecular weight excluding hydrogens is 218 g/mol. The molecule has 0 N–H and O–H groups in total. The Morgan fingerprint density at radius 2 is 1.88 bits per heavy atom. The van der Waals surface area contributed by atoms with Gasteiger partial charge in [0, 0.05) is 17.6 Å². The van der Waals surface area contributed by atoms with E-state index in [0.29, 0.717) is 5.92 Å². The molecule has 0 fully saturated rings. The monoisotopic (exact) mass is 233 g/mol. The quantitative estimate of drug-likeness (QED) is 0.744. The van der Waals surface area contributed by atoms with Crippen molar-refractivity contribution in [3.63, 3.8) is 0 Å². The van der Waals surface area contributed by atoms with Crippen molar-refractivity contribution in [3.8, 4) is 5.69 Å². The van der Waals surface area contributed by atoms with Gasteiger partial charge in [-0.15, -0.1) is 0 Å². The minimum absolute atomic E-state index is 0.633. The first kappa shape index (κ1) is 11.3. The van der Waals surface area contributed by atoms with Crippen LogP contribution in [0.4, 0.5) is 0 Å². The Bertz CT molecular complexity index is 457. The molecule has 1 aromatic heterocycles. The Hall–Kier alpha value is -1.21. The smallest absolute Gasteiger partial charge is 0.0589 e. The number of aromatic nitrogens is 1. The molecular formula is C14H16ClN. The average Bonchev–Trinajstić information content (AvgIpc) is 2.60. The number of para-hydroxylation sites is 1. The van der Waals surface area contributed by atoms with E-state index in [0.717, 1.165) is 11.4 Å². The molecule has 0 aliphatic carbocycles. The van der Waals surface area contributed by atoms with E-state index in [2.05, 4.69) is 36.6 Å². The first-order chi connectivity index (χ1) is 7.66. The topological polar surface area (TPSA) is 4.93 Å². The maximum atomic E-state index is 6.08. The van der Waals surface area contributed by atoms with Crippen molar-refractivity contribution >= 4 is 11.6 Å². The molecule has 0 saturated carbocycles. The summed E-state index contributed by atoms with van der Waals surface area (Å²) in [5.74, 6) is 0.633. The van der Waals surface area contributed by atoms with E-state index in [-0.39, 0.29) is 0 Å². The van der Waals surface area contributed by atoms with Crippen molar-refractivity contribution < 1.29 is 0 Å². The second kappa shape index (κ2) is 4.75. The molecule has 0 amide bonds. The summed E-state index contributed by atoms with van der Waals surface area (Å²) in [5, 5.41) is 0.805. The molecule has 2 rings (SSSR count). The van der Waals surface area contributed by atoms with Crippen molar-refractivity contribution in [2.45, 2.75) is 20.3 Å². The fourth-order valence-electron chi connectivity index (χ4n) is 1.88. The van der Waals surface area contributed by atoms with Gasteiger partial charge in [-0.05, 0) is 30.5 Å². The predicted molar refractivity (Wildman–Crippen MR) is 69.3 cm³/mol. The van der Waals surface area contributed by atoms with Crippen LogP contribution in [0.25, 0.3) is 5.69 Å². The van der Waals surface area contributed by atoms with Crippen molar-refractivity contribution in [2.24, 2.45) is 5.92 Å². The summed E-state index contributed by atoms with van der Waals surface area (Å²) in [5.41, 5.74) is 2.44. The Morgan fingerprint density at radius 1 is 1.19 bits per heavy atom. The summed E-state index contributed by atoms with van der Waals surface area (Å²) in [7, 11) is 0. The van der Waals surface area contributed by atoms with Gasteiger partial charge in [-0.25, -0.2) is 0 Å². The molecule has 0 atom stereocenters. The molecule has 16 heavy (non-hydrogen) atoms. The van der Waals surface area contributed by atoms with Crippen molar-refractivity contribution in [1.29, 1.82) is 0 Å². The molecule has 1 nitrogen and oxygen atoms in total. The third-order valence-corrected chi connectivity index (χ3v) is 2.72. The number of halogens is 1. The first-order valence-electron chi connectivity index (χ1n) is 5.59. The highest BCUT2D eigenvalue weighted by Crippen LogP contribution is 2.21. The molecule has 0 bridgehead atoms. The summed E-state index contributed by atoms with van der Waals surface area (Å²) < 4.78 is 2.17. The standard InChI is InChI=1S/C14H16ClN/c1-11(2)8-14-9-12(15)10-16(14)13-6-4-3-5-7-13/h3-7,9-11H,8H2,1-2H3.